The summed E-state index contributed by atoms with van der Waals surface area (Å²) in [4.78, 5) is 29.7. The molecule has 0 saturated heterocycles. The molecule has 1 aliphatic heterocycles. The standard InChI is InChI=1S/C24H17Cl2FN2O2/c1-28(18-5-3-2-4-6-18)22-21(19-12-9-16(25)13-20(19)26)23(30)29(24(22)31)14-15-7-10-17(27)11-8-15/h2-13H,14H2,1H3. The topological polar surface area (TPSA) is 40.6 Å². The maximum atomic E-state index is 13.4. The third kappa shape index (κ3) is 4.07. The van der Waals surface area contributed by atoms with E-state index in [0.29, 0.717) is 16.1 Å². The average Bonchev–Trinajstić information content (AvgIpc) is 3.00. The van der Waals surface area contributed by atoms with E-state index in [4.69, 9.17) is 23.2 Å². The van der Waals surface area contributed by atoms with Crippen LogP contribution in [0.4, 0.5) is 10.1 Å². The van der Waals surface area contributed by atoms with Crippen molar-refractivity contribution in [2.24, 2.45) is 0 Å². The Bertz CT molecular complexity index is 1190. The molecule has 7 heteroatoms. The zero-order valence-electron chi connectivity index (χ0n) is 16.5. The third-order valence-corrected chi connectivity index (χ3v) is 5.62. The van der Waals surface area contributed by atoms with E-state index in [1.165, 1.54) is 18.2 Å². The Balaban J connectivity index is 1.82. The normalized spacial score (nSPS) is 13.9. The lowest BCUT2D eigenvalue weighted by molar-refractivity contribution is -0.137. The molecular formula is C24H17Cl2FN2O2. The van der Waals surface area contributed by atoms with Crippen LogP contribution in [0.3, 0.4) is 0 Å². The summed E-state index contributed by atoms with van der Waals surface area (Å²) in [6, 6.07) is 19.7. The summed E-state index contributed by atoms with van der Waals surface area (Å²) in [6.07, 6.45) is 0. The number of halogens is 3. The minimum absolute atomic E-state index is 0.0127. The molecule has 4 nitrogen and oxygen atoms in total. The van der Waals surface area contributed by atoms with E-state index in [0.717, 1.165) is 10.6 Å². The van der Waals surface area contributed by atoms with Gasteiger partial charge in [0, 0.05) is 23.3 Å². The van der Waals surface area contributed by atoms with Gasteiger partial charge in [-0.1, -0.05) is 59.6 Å². The lowest BCUT2D eigenvalue weighted by atomic mass is 10.0. The molecule has 3 aromatic carbocycles. The Morgan fingerprint density at radius 1 is 0.903 bits per heavy atom. The molecule has 0 fully saturated rings. The van der Waals surface area contributed by atoms with E-state index in [2.05, 4.69) is 0 Å². The van der Waals surface area contributed by atoms with E-state index in [1.807, 2.05) is 30.3 Å². The minimum atomic E-state index is -0.476. The van der Waals surface area contributed by atoms with Gasteiger partial charge in [-0.25, -0.2) is 4.39 Å². The van der Waals surface area contributed by atoms with Crippen molar-refractivity contribution in [2.75, 3.05) is 11.9 Å². The van der Waals surface area contributed by atoms with Crippen molar-refractivity contribution < 1.29 is 14.0 Å². The van der Waals surface area contributed by atoms with Gasteiger partial charge in [0.2, 0.25) is 0 Å². The SMILES string of the molecule is CN(C1=C(c2ccc(Cl)cc2Cl)C(=O)N(Cc2ccc(F)cc2)C1=O)c1ccccc1. The fourth-order valence-corrected chi connectivity index (χ4v) is 4.01. The number of rotatable bonds is 5. The first-order chi connectivity index (χ1) is 14.9. The number of hydrogen-bond acceptors (Lipinski definition) is 3. The molecule has 0 N–H and O–H groups in total. The smallest absolute Gasteiger partial charge is 0.278 e. The number of anilines is 1. The largest absolute Gasteiger partial charge is 0.339 e. The number of imide groups is 1. The molecule has 0 unspecified atom stereocenters. The average molecular weight is 455 g/mol. The summed E-state index contributed by atoms with van der Waals surface area (Å²) in [5.41, 5.74) is 2.20. The molecular weight excluding hydrogens is 438 g/mol. The van der Waals surface area contributed by atoms with E-state index in [1.54, 1.807) is 36.2 Å². The maximum Gasteiger partial charge on any atom is 0.278 e. The molecule has 0 aromatic heterocycles. The van der Waals surface area contributed by atoms with Gasteiger partial charge in [-0.2, -0.15) is 0 Å². The summed E-state index contributed by atoms with van der Waals surface area (Å²) in [7, 11) is 1.72. The zero-order valence-corrected chi connectivity index (χ0v) is 18.0. The second-order valence-corrected chi connectivity index (χ2v) is 7.91. The highest BCUT2D eigenvalue weighted by Gasteiger charge is 2.41. The highest BCUT2D eigenvalue weighted by molar-refractivity contribution is 6.41. The van der Waals surface area contributed by atoms with Crippen molar-refractivity contribution in [2.45, 2.75) is 6.54 Å². The van der Waals surface area contributed by atoms with Gasteiger partial charge in [-0.3, -0.25) is 14.5 Å². The second kappa shape index (κ2) is 8.53. The van der Waals surface area contributed by atoms with Gasteiger partial charge >= 0.3 is 0 Å². The molecule has 31 heavy (non-hydrogen) atoms. The Hall–Kier alpha value is -3.15. The van der Waals surface area contributed by atoms with Gasteiger partial charge in [0.25, 0.3) is 11.8 Å². The summed E-state index contributed by atoms with van der Waals surface area (Å²) in [6.45, 7) is 0.0127. The Morgan fingerprint density at radius 2 is 1.58 bits per heavy atom. The Morgan fingerprint density at radius 3 is 2.23 bits per heavy atom. The van der Waals surface area contributed by atoms with Crippen molar-refractivity contribution in [1.29, 1.82) is 0 Å². The maximum absolute atomic E-state index is 13.4. The molecule has 0 spiro atoms. The summed E-state index contributed by atoms with van der Waals surface area (Å²) in [5.74, 6) is -1.32. The number of hydrogen-bond donors (Lipinski definition) is 0. The minimum Gasteiger partial charge on any atom is -0.339 e. The predicted octanol–water partition coefficient (Wildman–Crippen LogP) is 5.55. The predicted molar refractivity (Wildman–Crippen MR) is 120 cm³/mol. The van der Waals surface area contributed by atoms with Crippen LogP contribution in [-0.4, -0.2) is 23.8 Å². The third-order valence-electron chi connectivity index (χ3n) is 5.08. The fourth-order valence-electron chi connectivity index (χ4n) is 3.51. The molecule has 0 bridgehead atoms. The monoisotopic (exact) mass is 454 g/mol. The lowest BCUT2D eigenvalue weighted by Crippen LogP contribution is -2.33. The van der Waals surface area contributed by atoms with Crippen molar-refractivity contribution in [3.8, 4) is 0 Å². The first-order valence-electron chi connectivity index (χ1n) is 9.46. The van der Waals surface area contributed by atoms with Crippen LogP contribution >= 0.6 is 23.2 Å². The molecule has 2 amide bonds. The number of nitrogens with zero attached hydrogens (tertiary/aromatic N) is 2. The number of likely N-dealkylation sites (N-methyl/N-ethyl adjacent to an activating group) is 1. The van der Waals surface area contributed by atoms with Crippen LogP contribution in [0.15, 0.2) is 78.5 Å². The van der Waals surface area contributed by atoms with Crippen LogP contribution in [0, 0.1) is 5.82 Å². The lowest BCUT2D eigenvalue weighted by Gasteiger charge is -2.21. The molecule has 0 saturated carbocycles. The van der Waals surface area contributed by atoms with E-state index >= 15 is 0 Å². The van der Waals surface area contributed by atoms with Crippen LogP contribution in [0.2, 0.25) is 10.0 Å². The zero-order chi connectivity index (χ0) is 22.1. The van der Waals surface area contributed by atoms with Crippen LogP contribution < -0.4 is 4.90 Å². The Labute approximate surface area is 189 Å². The van der Waals surface area contributed by atoms with Crippen molar-refractivity contribution in [3.63, 3.8) is 0 Å². The van der Waals surface area contributed by atoms with Crippen molar-refractivity contribution in [3.05, 3.63) is 105 Å². The van der Waals surface area contributed by atoms with Crippen LogP contribution in [0.1, 0.15) is 11.1 Å². The molecule has 156 valence electrons. The van der Waals surface area contributed by atoms with Gasteiger partial charge in [0.15, 0.2) is 0 Å². The number of carbonyl (C=O) groups excluding carboxylic acids is 2. The second-order valence-electron chi connectivity index (χ2n) is 7.07. The van der Waals surface area contributed by atoms with Gasteiger partial charge < -0.3 is 4.90 Å². The quantitative estimate of drug-likeness (QED) is 0.474. The van der Waals surface area contributed by atoms with Crippen LogP contribution in [-0.2, 0) is 16.1 Å². The van der Waals surface area contributed by atoms with E-state index in [9.17, 15) is 14.0 Å². The first-order valence-corrected chi connectivity index (χ1v) is 10.2. The molecule has 0 atom stereocenters. The summed E-state index contributed by atoms with van der Waals surface area (Å²) < 4.78 is 13.3. The van der Waals surface area contributed by atoms with E-state index < -0.39 is 11.8 Å². The van der Waals surface area contributed by atoms with Crippen LogP contribution in [0.25, 0.3) is 5.57 Å². The number of para-hydroxylation sites is 1. The number of benzene rings is 3. The first kappa shape index (κ1) is 21.1. The van der Waals surface area contributed by atoms with Crippen LogP contribution in [0.5, 0.6) is 0 Å². The molecule has 1 heterocycles. The highest BCUT2D eigenvalue weighted by atomic mass is 35.5. The molecule has 1 aliphatic rings. The summed E-state index contributed by atoms with van der Waals surface area (Å²) >= 11 is 12.4. The van der Waals surface area contributed by atoms with Gasteiger partial charge in [0.05, 0.1) is 17.1 Å². The van der Waals surface area contributed by atoms with Crippen molar-refractivity contribution in [1.82, 2.24) is 4.90 Å². The highest BCUT2D eigenvalue weighted by Crippen LogP contribution is 2.37. The van der Waals surface area contributed by atoms with Gasteiger partial charge in [0.1, 0.15) is 11.5 Å². The van der Waals surface area contributed by atoms with Crippen molar-refractivity contribution >= 4 is 46.3 Å². The molecule has 0 aliphatic carbocycles. The Kier molecular flexibility index (Phi) is 5.81. The fraction of sp³-hybridized carbons (Fsp3) is 0.0833. The molecule has 4 rings (SSSR count). The van der Waals surface area contributed by atoms with E-state index in [-0.39, 0.29) is 28.7 Å². The molecule has 0 radical (unpaired) electrons. The molecule has 3 aromatic rings. The number of carbonyl (C=O) groups is 2. The number of amides is 2. The van der Waals surface area contributed by atoms with Gasteiger partial charge in [-0.15, -0.1) is 0 Å². The van der Waals surface area contributed by atoms with Gasteiger partial charge in [-0.05, 0) is 42.0 Å². The summed E-state index contributed by atoms with van der Waals surface area (Å²) in [5, 5.41) is 0.693.